The minimum atomic E-state index is -4.14. The van der Waals surface area contributed by atoms with E-state index in [-0.39, 0.29) is 36.8 Å². The third-order valence-corrected chi connectivity index (χ3v) is 8.23. The highest BCUT2D eigenvalue weighted by Gasteiger charge is 2.37. The van der Waals surface area contributed by atoms with Gasteiger partial charge in [0, 0.05) is 31.5 Å². The number of rotatable bonds is 8. The predicted molar refractivity (Wildman–Crippen MR) is 157 cm³/mol. The summed E-state index contributed by atoms with van der Waals surface area (Å²) in [6, 6.07) is 11.6. The molecule has 39 heavy (non-hydrogen) atoms. The van der Waals surface area contributed by atoms with E-state index in [2.05, 4.69) is 0 Å². The molecule has 0 amide bonds. The van der Waals surface area contributed by atoms with Gasteiger partial charge in [0.15, 0.2) is 5.75 Å². The summed E-state index contributed by atoms with van der Waals surface area (Å²) in [4.78, 5) is 13.3. The number of carboxylic acid groups (broad SMARTS) is 1. The number of anilines is 1. The van der Waals surface area contributed by atoms with Crippen LogP contribution in [-0.4, -0.2) is 67.1 Å². The van der Waals surface area contributed by atoms with E-state index in [9.17, 15) is 18.3 Å². The number of hydrogen-bond donors (Lipinski definition) is 4. The van der Waals surface area contributed by atoms with Crippen LogP contribution in [0.15, 0.2) is 48.5 Å². The van der Waals surface area contributed by atoms with Crippen molar-refractivity contribution in [2.75, 3.05) is 23.1 Å². The van der Waals surface area contributed by atoms with Gasteiger partial charge in [-0.1, -0.05) is 30.4 Å². The number of aliphatic carboxylic acids is 1. The van der Waals surface area contributed by atoms with Gasteiger partial charge < -0.3 is 20.5 Å². The third kappa shape index (κ3) is 7.65. The van der Waals surface area contributed by atoms with Gasteiger partial charge in [-0.15, -0.1) is 24.8 Å². The summed E-state index contributed by atoms with van der Waals surface area (Å²) in [7, 11) is -4.14. The van der Waals surface area contributed by atoms with Crippen LogP contribution in [0.25, 0.3) is 6.08 Å². The van der Waals surface area contributed by atoms with Gasteiger partial charge in [-0.05, 0) is 48.7 Å². The van der Waals surface area contributed by atoms with E-state index in [1.165, 1.54) is 4.31 Å². The fraction of sp³-hybridized carbons (Fsp3) is 0.346. The number of nitrogens with zero attached hydrogens (tertiary/aromatic N) is 2. The van der Waals surface area contributed by atoms with Crippen molar-refractivity contribution in [2.24, 2.45) is 5.73 Å². The molecule has 2 heterocycles. The molecule has 0 saturated carbocycles. The van der Waals surface area contributed by atoms with Gasteiger partial charge in [-0.25, -0.2) is 8.42 Å². The Balaban J connectivity index is 0.00000267. The van der Waals surface area contributed by atoms with E-state index in [1.807, 2.05) is 17.0 Å². The Morgan fingerprint density at radius 3 is 2.46 bits per heavy atom. The molecule has 2 aromatic rings. The largest absolute Gasteiger partial charge is 0.490 e. The van der Waals surface area contributed by atoms with Crippen molar-refractivity contribution < 1.29 is 23.1 Å². The first kappa shape index (κ1) is 31.9. The van der Waals surface area contributed by atoms with Crippen LogP contribution < -0.4 is 14.8 Å². The smallest absolute Gasteiger partial charge is 0.320 e. The molecule has 1 fully saturated rings. The molecule has 0 aliphatic carbocycles. The quantitative estimate of drug-likeness (QED) is 0.267. The second-order valence-electron chi connectivity index (χ2n) is 9.30. The average molecular weight is 599 g/mol. The van der Waals surface area contributed by atoms with Crippen LogP contribution in [0, 0.1) is 10.8 Å². The van der Waals surface area contributed by atoms with E-state index in [4.69, 9.17) is 21.3 Å². The third-order valence-electron chi connectivity index (χ3n) is 6.55. The molecule has 1 saturated heterocycles. The summed E-state index contributed by atoms with van der Waals surface area (Å²) < 4.78 is 33.5. The number of likely N-dealkylation sites (tertiary alicyclic amines) is 1. The van der Waals surface area contributed by atoms with Crippen LogP contribution in [0.1, 0.15) is 36.5 Å². The Morgan fingerprint density at radius 2 is 1.85 bits per heavy atom. The fourth-order valence-corrected chi connectivity index (χ4v) is 6.25. The minimum absolute atomic E-state index is 0. The number of nitrogen functional groups attached to an aromatic ring is 1. The number of halogens is 2. The number of carboxylic acids is 1. The summed E-state index contributed by atoms with van der Waals surface area (Å²) in [5, 5.41) is 24.6. The van der Waals surface area contributed by atoms with E-state index < -0.39 is 27.8 Å². The number of sulfonamides is 1. The van der Waals surface area contributed by atoms with E-state index in [0.29, 0.717) is 29.3 Å². The van der Waals surface area contributed by atoms with Gasteiger partial charge in [0.05, 0.1) is 17.6 Å². The molecule has 0 unspecified atom stereocenters. The molecule has 10 nitrogen and oxygen atoms in total. The number of nitrogens with one attached hydrogen (secondary N) is 2. The lowest BCUT2D eigenvalue weighted by molar-refractivity contribution is -0.134. The van der Waals surface area contributed by atoms with Crippen molar-refractivity contribution in [3.63, 3.8) is 0 Å². The average Bonchev–Trinajstić information content (AvgIpc) is 3.21. The molecule has 2 aliphatic heterocycles. The Labute approximate surface area is 240 Å². The van der Waals surface area contributed by atoms with Crippen molar-refractivity contribution in [1.82, 2.24) is 4.90 Å². The normalized spacial score (nSPS) is 17.2. The van der Waals surface area contributed by atoms with Gasteiger partial charge >= 0.3 is 5.97 Å². The van der Waals surface area contributed by atoms with Gasteiger partial charge in [-0.2, -0.15) is 0 Å². The summed E-state index contributed by atoms with van der Waals surface area (Å²) in [5.74, 6) is -1.32. The van der Waals surface area contributed by atoms with Crippen LogP contribution in [0.2, 0.25) is 0 Å². The second-order valence-corrected chi connectivity index (χ2v) is 11.1. The van der Waals surface area contributed by atoms with E-state index >= 15 is 0 Å². The van der Waals surface area contributed by atoms with Crippen LogP contribution in [0.3, 0.4) is 0 Å². The summed E-state index contributed by atoms with van der Waals surface area (Å²) >= 11 is 0. The van der Waals surface area contributed by atoms with Gasteiger partial charge in [0.2, 0.25) is 10.0 Å². The Bertz CT molecular complexity index is 1360. The molecule has 13 heteroatoms. The van der Waals surface area contributed by atoms with Gasteiger partial charge in [-0.3, -0.25) is 19.9 Å². The predicted octanol–water partition coefficient (Wildman–Crippen LogP) is 3.51. The van der Waals surface area contributed by atoms with Crippen LogP contribution in [0.4, 0.5) is 5.69 Å². The van der Waals surface area contributed by atoms with E-state index in [0.717, 1.165) is 37.1 Å². The number of carbonyl (C=O) groups is 1. The maximum Gasteiger partial charge on any atom is 0.320 e. The first-order chi connectivity index (χ1) is 17.5. The number of piperidine rings is 1. The Morgan fingerprint density at radius 1 is 1.15 bits per heavy atom. The molecule has 5 N–H and O–H groups in total. The summed E-state index contributed by atoms with van der Waals surface area (Å²) in [6.45, 7) is 3.28. The highest BCUT2D eigenvalue weighted by atomic mass is 35.5. The highest BCUT2D eigenvalue weighted by molar-refractivity contribution is 7.93. The maximum atomic E-state index is 13.1. The fourth-order valence-electron chi connectivity index (χ4n) is 4.76. The van der Waals surface area contributed by atoms with Crippen molar-refractivity contribution in [2.45, 2.75) is 38.3 Å². The molecule has 0 bridgehead atoms. The molecule has 2 aliphatic rings. The standard InChI is InChI=1S/C26H31N5O5S.2ClH/c1-17(27)30-11-9-22(10-12-30)36-23-7-8-24-20(15-23)14-21(31(24)37(34,35)16-25(32)33)6-5-18-3-2-4-19(13-18)26(28)29;;/h2-8,13,15,21-22,27H,9-12,14,16H2,1H3,(H3,28,29)(H,32,33);2*1H/b6-5+,27-17?;;/t21-;;/m1../s1. The van der Waals surface area contributed by atoms with Gasteiger partial charge in [0.1, 0.15) is 17.7 Å². The molecule has 212 valence electrons. The van der Waals surface area contributed by atoms with Crippen LogP contribution in [-0.2, 0) is 21.2 Å². The number of amidine groups is 2. The van der Waals surface area contributed by atoms with Crippen molar-refractivity contribution in [3.05, 3.63) is 65.2 Å². The lowest BCUT2D eigenvalue weighted by Gasteiger charge is -2.32. The zero-order chi connectivity index (χ0) is 26.7. The van der Waals surface area contributed by atoms with Crippen molar-refractivity contribution in [1.29, 1.82) is 10.8 Å². The SMILES string of the molecule is CC(=N)N1CCC(Oc2ccc3c(c2)C[C@@H](/C=C/c2cccc(C(=N)N)c2)N3S(=O)(=O)CC(=O)O)CC1.Cl.Cl. The molecule has 0 radical (unpaired) electrons. The molecular formula is C26H33Cl2N5O5S. The van der Waals surface area contributed by atoms with E-state index in [1.54, 1.807) is 49.4 Å². The first-order valence-electron chi connectivity index (χ1n) is 12.0. The molecule has 2 aromatic carbocycles. The molecule has 0 aromatic heterocycles. The topological polar surface area (TPSA) is 161 Å². The molecule has 0 spiro atoms. The number of benzene rings is 2. The Kier molecular flexibility index (Phi) is 10.8. The van der Waals surface area contributed by atoms with Crippen molar-refractivity contribution >= 4 is 64.2 Å². The lowest BCUT2D eigenvalue weighted by atomic mass is 10.1. The van der Waals surface area contributed by atoms with Crippen LogP contribution in [0.5, 0.6) is 5.75 Å². The lowest BCUT2D eigenvalue weighted by Crippen LogP contribution is -2.40. The van der Waals surface area contributed by atoms with Crippen molar-refractivity contribution in [3.8, 4) is 5.75 Å². The maximum absolute atomic E-state index is 13.1. The van der Waals surface area contributed by atoms with Crippen LogP contribution >= 0.6 is 24.8 Å². The van der Waals surface area contributed by atoms with Gasteiger partial charge in [0.25, 0.3) is 0 Å². The highest BCUT2D eigenvalue weighted by Crippen LogP contribution is 2.38. The Hall–Kier alpha value is -3.28. The number of hydrogen-bond acceptors (Lipinski definition) is 6. The zero-order valence-electron chi connectivity index (χ0n) is 21.4. The number of ether oxygens (including phenoxy) is 1. The zero-order valence-corrected chi connectivity index (χ0v) is 23.8. The monoisotopic (exact) mass is 597 g/mol. The first-order valence-corrected chi connectivity index (χ1v) is 13.6. The molecule has 1 atom stereocenters. The summed E-state index contributed by atoms with van der Waals surface area (Å²) in [5.41, 5.74) is 8.07. The molecular weight excluding hydrogens is 565 g/mol. The number of nitrogens with two attached hydrogens (primary N) is 1. The second kappa shape index (κ2) is 13.2. The number of fused-ring (bicyclic) bond motifs is 1. The summed E-state index contributed by atoms with van der Waals surface area (Å²) in [6.07, 6.45) is 5.43. The minimum Gasteiger partial charge on any atom is -0.490 e. The molecule has 4 rings (SSSR count).